The van der Waals surface area contributed by atoms with E-state index in [1.165, 1.54) is 17.2 Å². The number of unbranched alkanes of at least 4 members (excludes halogenated alkanes) is 4. The summed E-state index contributed by atoms with van der Waals surface area (Å²) in [5, 5.41) is 14.4. The molecule has 0 bridgehead atoms. The van der Waals surface area contributed by atoms with Gasteiger partial charge in [0, 0.05) is 12.6 Å². The second-order valence-corrected chi connectivity index (χ2v) is 18.9. The highest BCUT2D eigenvalue weighted by Crippen LogP contribution is 2.57. The van der Waals surface area contributed by atoms with E-state index in [2.05, 4.69) is 38.2 Å². The van der Waals surface area contributed by atoms with Crippen molar-refractivity contribution in [2.75, 3.05) is 43.2 Å². The summed E-state index contributed by atoms with van der Waals surface area (Å²) >= 11 is 0. The molecule has 0 atom stereocenters. The van der Waals surface area contributed by atoms with Gasteiger partial charge in [0.2, 0.25) is 0 Å². The van der Waals surface area contributed by atoms with Crippen LogP contribution in [0.15, 0.2) is 65.3 Å². The number of hydrogen-bond acceptors (Lipinski definition) is 10. The zero-order valence-corrected chi connectivity index (χ0v) is 38.2. The first-order valence-electron chi connectivity index (χ1n) is 21.3. The van der Waals surface area contributed by atoms with Crippen molar-refractivity contribution < 1.29 is 41.6 Å². The lowest BCUT2D eigenvalue weighted by atomic mass is 10.1. The fourth-order valence-electron chi connectivity index (χ4n) is 6.08. The van der Waals surface area contributed by atoms with Gasteiger partial charge in [-0.05, 0) is 103 Å². The number of fused-ring (bicyclic) bond motifs is 2. The van der Waals surface area contributed by atoms with Crippen LogP contribution in [0.3, 0.4) is 0 Å². The van der Waals surface area contributed by atoms with Crippen molar-refractivity contribution in [1.82, 2.24) is 0 Å². The number of allylic oxidation sites excluding steroid dienone is 5. The molecule has 0 fully saturated rings. The number of aromatic hydroxyl groups is 1. The number of amides is 1. The standard InChI is InChI=1S/C45H70N2O9P2/c1-9-13-28-52-57(50,53-29-14-10-2)34-38-32-39(56-58(51,54-30-15-11-3)55-31-16-12-4)33-41-43(38)46-44-40(24-19-25-42(44)48)45(49)47(41)27-26-37(8)23-18-22-36(7)21-17-20-35(5)6/h19-20,22,24-26,32-33,46,48H,9-18,21,23,27-31,34H2,1-8H3/b36-22+,37-26+. The molecule has 0 saturated carbocycles. The lowest BCUT2D eigenvalue weighted by Gasteiger charge is -2.26. The quantitative estimate of drug-likeness (QED) is 0.0369. The fourth-order valence-corrected chi connectivity index (χ4v) is 9.07. The maximum absolute atomic E-state index is 14.6. The Labute approximate surface area is 348 Å². The van der Waals surface area contributed by atoms with Crippen LogP contribution in [0.4, 0.5) is 17.1 Å². The number of hydrogen-bond donors (Lipinski definition) is 2. The number of phenolic OH excluding ortho intramolecular Hbond substituents is 1. The topological polar surface area (TPSA) is 133 Å². The molecule has 324 valence electrons. The van der Waals surface area contributed by atoms with Crippen molar-refractivity contribution in [3.8, 4) is 11.5 Å². The molecule has 0 saturated heterocycles. The smallest absolute Gasteiger partial charge is 0.506 e. The average molecular weight is 845 g/mol. The van der Waals surface area contributed by atoms with Crippen LogP contribution >= 0.6 is 15.4 Å². The number of benzene rings is 2. The lowest BCUT2D eigenvalue weighted by Crippen LogP contribution is -2.30. The summed E-state index contributed by atoms with van der Waals surface area (Å²) in [5.74, 6) is -0.395. The molecule has 1 heterocycles. The Morgan fingerprint density at radius 3 is 1.86 bits per heavy atom. The van der Waals surface area contributed by atoms with E-state index >= 15 is 0 Å². The third-order valence-corrected chi connectivity index (χ3v) is 12.9. The molecule has 0 spiro atoms. The van der Waals surface area contributed by atoms with E-state index < -0.39 is 15.4 Å². The minimum atomic E-state index is -4.14. The summed E-state index contributed by atoms with van der Waals surface area (Å²) < 4.78 is 58.7. The van der Waals surface area contributed by atoms with Crippen LogP contribution in [0.2, 0.25) is 0 Å². The van der Waals surface area contributed by atoms with E-state index in [0.29, 0.717) is 42.6 Å². The normalized spacial score (nSPS) is 13.5. The van der Waals surface area contributed by atoms with Gasteiger partial charge in [0.1, 0.15) is 11.5 Å². The van der Waals surface area contributed by atoms with Crippen LogP contribution in [0.1, 0.15) is 148 Å². The summed E-state index contributed by atoms with van der Waals surface area (Å²) in [5.41, 5.74) is 5.42. The maximum atomic E-state index is 14.6. The number of carbonyl (C=O) groups is 1. The number of nitrogens with zero attached hydrogens (tertiary/aromatic N) is 1. The number of phosphoric acid groups is 1. The first kappa shape index (κ1) is 49.2. The van der Waals surface area contributed by atoms with E-state index in [1.54, 1.807) is 29.2 Å². The Bertz CT molecular complexity index is 1770. The largest absolute Gasteiger partial charge is 0.530 e. The molecule has 0 radical (unpaired) electrons. The number of phosphoric ester groups is 1. The van der Waals surface area contributed by atoms with Crippen LogP contribution < -0.4 is 14.7 Å². The van der Waals surface area contributed by atoms with Gasteiger partial charge in [-0.15, -0.1) is 0 Å². The molecule has 13 heteroatoms. The molecular weight excluding hydrogens is 774 g/mol. The summed E-state index contributed by atoms with van der Waals surface area (Å²) in [4.78, 5) is 16.2. The Morgan fingerprint density at radius 1 is 0.741 bits per heavy atom. The van der Waals surface area contributed by atoms with Crippen LogP contribution in [0.25, 0.3) is 0 Å². The molecule has 2 N–H and O–H groups in total. The predicted molar refractivity (Wildman–Crippen MR) is 238 cm³/mol. The lowest BCUT2D eigenvalue weighted by molar-refractivity contribution is 0.0990. The first-order valence-corrected chi connectivity index (χ1v) is 24.5. The van der Waals surface area contributed by atoms with E-state index in [1.807, 2.05) is 40.7 Å². The zero-order chi connectivity index (χ0) is 42.6. The first-order chi connectivity index (χ1) is 27.8. The fraction of sp³-hybridized carbons (Fsp3) is 0.578. The average Bonchev–Trinajstić information content (AvgIpc) is 3.28. The Morgan fingerprint density at radius 2 is 1.29 bits per heavy atom. The van der Waals surface area contributed by atoms with E-state index in [-0.39, 0.29) is 67.8 Å². The van der Waals surface area contributed by atoms with E-state index in [4.69, 9.17) is 22.6 Å². The minimum Gasteiger partial charge on any atom is -0.506 e. The molecule has 11 nitrogen and oxygen atoms in total. The van der Waals surface area contributed by atoms with Gasteiger partial charge in [0.15, 0.2) is 0 Å². The molecule has 0 aliphatic carbocycles. The van der Waals surface area contributed by atoms with Crippen molar-refractivity contribution >= 4 is 38.4 Å². The minimum absolute atomic E-state index is 0.1000. The third kappa shape index (κ3) is 16.1. The van der Waals surface area contributed by atoms with Crippen LogP contribution in [-0.4, -0.2) is 44.0 Å². The van der Waals surface area contributed by atoms with Gasteiger partial charge in [-0.25, -0.2) is 4.57 Å². The molecule has 58 heavy (non-hydrogen) atoms. The molecule has 0 aromatic heterocycles. The maximum Gasteiger partial charge on any atom is 0.530 e. The number of rotatable bonds is 28. The van der Waals surface area contributed by atoms with E-state index in [9.17, 15) is 19.0 Å². The van der Waals surface area contributed by atoms with Gasteiger partial charge in [-0.1, -0.05) is 94.4 Å². The molecule has 3 rings (SSSR count). The molecule has 1 amide bonds. The van der Waals surface area contributed by atoms with E-state index in [0.717, 1.165) is 56.9 Å². The van der Waals surface area contributed by atoms with Gasteiger partial charge in [-0.3, -0.25) is 18.4 Å². The highest BCUT2D eigenvalue weighted by Gasteiger charge is 2.35. The number of phenols is 1. The second-order valence-electron chi connectivity index (χ2n) is 15.2. The molecule has 2 aromatic rings. The van der Waals surface area contributed by atoms with Gasteiger partial charge < -0.3 is 28.9 Å². The highest BCUT2D eigenvalue weighted by atomic mass is 31.2. The molecule has 0 unspecified atom stereocenters. The van der Waals surface area contributed by atoms with Gasteiger partial charge in [0.25, 0.3) is 5.91 Å². The third-order valence-electron chi connectivity index (χ3n) is 9.62. The summed E-state index contributed by atoms with van der Waals surface area (Å²) in [6, 6.07) is 8.03. The Hall–Kier alpha value is -3.17. The van der Waals surface area contributed by atoms with Crippen molar-refractivity contribution in [1.29, 1.82) is 0 Å². The molecule has 1 aliphatic heterocycles. The van der Waals surface area contributed by atoms with Crippen molar-refractivity contribution in [3.63, 3.8) is 0 Å². The number of anilines is 3. The van der Waals surface area contributed by atoms with Gasteiger partial charge in [-0.2, -0.15) is 0 Å². The zero-order valence-electron chi connectivity index (χ0n) is 36.4. The monoisotopic (exact) mass is 844 g/mol. The number of nitrogens with one attached hydrogen (secondary N) is 1. The van der Waals surface area contributed by atoms with Crippen LogP contribution in [-0.2, 0) is 33.4 Å². The molecular formula is C45H70N2O9P2. The highest BCUT2D eigenvalue weighted by molar-refractivity contribution is 7.53. The summed E-state index contributed by atoms with van der Waals surface area (Å²) in [6.45, 7) is 17.5. The van der Waals surface area contributed by atoms with Gasteiger partial charge >= 0.3 is 15.4 Å². The van der Waals surface area contributed by atoms with Crippen molar-refractivity contribution in [2.45, 2.75) is 139 Å². The summed E-state index contributed by atoms with van der Waals surface area (Å²) in [7, 11) is -7.93. The van der Waals surface area contributed by atoms with Crippen LogP contribution in [0.5, 0.6) is 11.5 Å². The second kappa shape index (κ2) is 25.5. The van der Waals surface area contributed by atoms with Crippen molar-refractivity contribution in [2.24, 2.45) is 0 Å². The van der Waals surface area contributed by atoms with Crippen molar-refractivity contribution in [3.05, 3.63) is 76.4 Å². The predicted octanol–water partition coefficient (Wildman–Crippen LogP) is 14.0. The Balaban J connectivity index is 2.19. The molecule has 2 aromatic carbocycles. The van der Waals surface area contributed by atoms with Gasteiger partial charge in [0.05, 0.1) is 55.2 Å². The van der Waals surface area contributed by atoms with Crippen LogP contribution in [0, 0.1) is 0 Å². The summed E-state index contributed by atoms with van der Waals surface area (Å²) in [6.07, 6.45) is 16.1. The SMILES string of the molecule is CCCCOP(=O)(Cc1cc(OP(=O)(OCCCC)OCCCC)cc2c1Nc1c(O)cccc1C(=O)N2C/C=C(\C)CC/C=C(\C)CCC=C(C)C)OCCCC. The molecule has 1 aliphatic rings. The number of para-hydroxylation sites is 1. The number of carbonyl (C=O) groups excluding carboxylic acids is 1. The Kier molecular flexibility index (Phi) is 21.6.